The van der Waals surface area contributed by atoms with Crippen LogP contribution >= 0.6 is 0 Å². The highest BCUT2D eigenvalue weighted by atomic mass is 32.2. The van der Waals surface area contributed by atoms with Crippen LogP contribution in [-0.2, 0) is 14.6 Å². The Morgan fingerprint density at radius 3 is 2.68 bits per heavy atom. The van der Waals surface area contributed by atoms with Crippen LogP contribution in [0.5, 0.6) is 0 Å². The molecule has 3 heterocycles. The smallest absolute Gasteiger partial charge is 0.234 e. The van der Waals surface area contributed by atoms with Crippen LogP contribution in [0.25, 0.3) is 11.0 Å². The van der Waals surface area contributed by atoms with Gasteiger partial charge in [-0.25, -0.2) is 8.42 Å². The van der Waals surface area contributed by atoms with Crippen LogP contribution in [0.2, 0.25) is 0 Å². The molecule has 2 aliphatic heterocycles. The number of fused-ring (bicyclic) bond motifs is 1. The standard InChI is InChI=1S/C20H27N3O4S/c1-15(19-12-16-4-2-3-5-18(16)27-19)21-20(24)13-22-7-9-23(10-8-22)17-6-11-28(25,26)14-17/h2-5,12,15,17H,6-11,13-14H2,1H3,(H,21,24)/t15-,17-/m0/s1. The lowest BCUT2D eigenvalue weighted by Gasteiger charge is -2.37. The predicted octanol–water partition coefficient (Wildman–Crippen LogP) is 1.41. The predicted molar refractivity (Wildman–Crippen MR) is 108 cm³/mol. The SMILES string of the molecule is C[C@H](NC(=O)CN1CCN([C@H]2CCS(=O)(=O)C2)CC1)c1cc2ccccc2o1. The largest absolute Gasteiger partial charge is 0.459 e. The first kappa shape index (κ1) is 19.4. The maximum atomic E-state index is 12.4. The van der Waals surface area contributed by atoms with Crippen LogP contribution in [0.1, 0.15) is 25.1 Å². The lowest BCUT2D eigenvalue weighted by atomic mass is 10.2. The van der Waals surface area contributed by atoms with Crippen LogP contribution in [0.15, 0.2) is 34.7 Å². The number of carbonyl (C=O) groups excluding carboxylic acids is 1. The number of nitrogens with zero attached hydrogens (tertiary/aromatic N) is 2. The maximum absolute atomic E-state index is 12.4. The molecule has 7 nitrogen and oxygen atoms in total. The van der Waals surface area contributed by atoms with Crippen molar-refractivity contribution in [3.05, 3.63) is 36.1 Å². The summed E-state index contributed by atoms with van der Waals surface area (Å²) in [7, 11) is -2.86. The van der Waals surface area contributed by atoms with Crippen LogP contribution in [0, 0.1) is 0 Å². The average molecular weight is 406 g/mol. The lowest BCUT2D eigenvalue weighted by Crippen LogP contribution is -2.52. The summed E-state index contributed by atoms with van der Waals surface area (Å²) < 4.78 is 29.2. The highest BCUT2D eigenvalue weighted by Gasteiger charge is 2.33. The van der Waals surface area contributed by atoms with Gasteiger partial charge >= 0.3 is 0 Å². The van der Waals surface area contributed by atoms with Crippen molar-refractivity contribution >= 4 is 26.7 Å². The monoisotopic (exact) mass is 405 g/mol. The molecule has 1 N–H and O–H groups in total. The van der Waals surface area contributed by atoms with Gasteiger partial charge in [0.15, 0.2) is 9.84 Å². The second-order valence-corrected chi connectivity index (χ2v) is 10.1. The van der Waals surface area contributed by atoms with Crippen LogP contribution < -0.4 is 5.32 Å². The Morgan fingerprint density at radius 1 is 1.25 bits per heavy atom. The molecule has 1 aromatic carbocycles. The molecule has 2 saturated heterocycles. The number of sulfone groups is 1. The van der Waals surface area contributed by atoms with Gasteiger partial charge in [-0.2, -0.15) is 0 Å². The van der Waals surface area contributed by atoms with Gasteiger partial charge in [-0.15, -0.1) is 0 Å². The topological polar surface area (TPSA) is 82.9 Å². The zero-order chi connectivity index (χ0) is 19.7. The summed E-state index contributed by atoms with van der Waals surface area (Å²) in [4.78, 5) is 16.8. The van der Waals surface area contributed by atoms with E-state index in [1.54, 1.807) is 0 Å². The first-order valence-electron chi connectivity index (χ1n) is 9.84. The van der Waals surface area contributed by atoms with E-state index >= 15 is 0 Å². The summed E-state index contributed by atoms with van der Waals surface area (Å²) >= 11 is 0. The molecular formula is C20H27N3O4S. The number of hydrogen-bond acceptors (Lipinski definition) is 6. The number of para-hydroxylation sites is 1. The van der Waals surface area contributed by atoms with E-state index in [2.05, 4.69) is 15.1 Å². The number of amides is 1. The molecule has 0 unspecified atom stereocenters. The van der Waals surface area contributed by atoms with Gasteiger partial charge in [0.2, 0.25) is 5.91 Å². The molecule has 2 aromatic rings. The van der Waals surface area contributed by atoms with E-state index in [-0.39, 0.29) is 23.7 Å². The zero-order valence-corrected chi connectivity index (χ0v) is 17.0. The van der Waals surface area contributed by atoms with Gasteiger partial charge in [-0.3, -0.25) is 14.6 Å². The summed E-state index contributed by atoms with van der Waals surface area (Å²) in [6, 6.07) is 9.73. The average Bonchev–Trinajstić information content (AvgIpc) is 3.25. The van der Waals surface area contributed by atoms with Gasteiger partial charge in [-0.05, 0) is 25.5 Å². The fraction of sp³-hybridized carbons (Fsp3) is 0.550. The summed E-state index contributed by atoms with van der Waals surface area (Å²) in [5.41, 5.74) is 0.823. The third kappa shape index (κ3) is 4.39. The van der Waals surface area contributed by atoms with E-state index in [1.807, 2.05) is 37.3 Å². The number of benzene rings is 1. The Hall–Kier alpha value is -1.90. The van der Waals surface area contributed by atoms with Gasteiger partial charge in [0.1, 0.15) is 11.3 Å². The third-order valence-corrected chi connectivity index (χ3v) is 7.50. The second kappa shape index (κ2) is 7.85. The van der Waals surface area contributed by atoms with Gasteiger partial charge in [-0.1, -0.05) is 18.2 Å². The molecule has 2 atom stereocenters. The van der Waals surface area contributed by atoms with Crippen LogP contribution in [-0.4, -0.2) is 74.4 Å². The maximum Gasteiger partial charge on any atom is 0.234 e. The molecule has 28 heavy (non-hydrogen) atoms. The summed E-state index contributed by atoms with van der Waals surface area (Å²) in [6.45, 7) is 5.46. The Balaban J connectivity index is 1.25. The molecular weight excluding hydrogens is 378 g/mol. The molecule has 1 aromatic heterocycles. The number of carbonyl (C=O) groups is 1. The molecule has 1 amide bonds. The quantitative estimate of drug-likeness (QED) is 0.810. The molecule has 0 spiro atoms. The van der Waals surface area contributed by atoms with Gasteiger partial charge in [0.25, 0.3) is 0 Å². The Kier molecular flexibility index (Phi) is 5.44. The fourth-order valence-electron chi connectivity index (χ4n) is 4.13. The Morgan fingerprint density at radius 2 is 2.00 bits per heavy atom. The number of rotatable bonds is 5. The Labute approximate surface area is 165 Å². The normalized spacial score (nSPS) is 24.4. The molecule has 0 aliphatic carbocycles. The fourth-order valence-corrected chi connectivity index (χ4v) is 5.89. The molecule has 2 fully saturated rings. The van der Waals surface area contributed by atoms with Crippen molar-refractivity contribution in [3.63, 3.8) is 0 Å². The number of piperazine rings is 1. The first-order chi connectivity index (χ1) is 13.4. The van der Waals surface area contributed by atoms with Crippen molar-refractivity contribution in [3.8, 4) is 0 Å². The van der Waals surface area contributed by atoms with Crippen molar-refractivity contribution in [1.82, 2.24) is 15.1 Å². The van der Waals surface area contributed by atoms with Gasteiger partial charge in [0, 0.05) is 37.6 Å². The molecule has 0 bridgehead atoms. The van der Waals surface area contributed by atoms with Crippen molar-refractivity contribution in [2.75, 3.05) is 44.2 Å². The van der Waals surface area contributed by atoms with E-state index in [4.69, 9.17) is 4.42 Å². The van der Waals surface area contributed by atoms with E-state index in [0.717, 1.165) is 49.3 Å². The zero-order valence-electron chi connectivity index (χ0n) is 16.1. The minimum absolute atomic E-state index is 0.0233. The number of nitrogens with one attached hydrogen (secondary N) is 1. The second-order valence-electron chi connectivity index (χ2n) is 7.84. The van der Waals surface area contributed by atoms with E-state index in [1.165, 1.54) is 0 Å². The van der Waals surface area contributed by atoms with E-state index < -0.39 is 9.84 Å². The molecule has 8 heteroatoms. The number of furan rings is 1. The summed E-state index contributed by atoms with van der Waals surface area (Å²) in [6.07, 6.45) is 0.734. The number of hydrogen-bond donors (Lipinski definition) is 1. The lowest BCUT2D eigenvalue weighted by molar-refractivity contribution is -0.123. The molecule has 2 aliphatic rings. The highest BCUT2D eigenvalue weighted by molar-refractivity contribution is 7.91. The summed E-state index contributed by atoms with van der Waals surface area (Å²) in [5, 5.41) is 4.05. The Bertz CT molecular complexity index is 914. The van der Waals surface area contributed by atoms with Gasteiger partial charge < -0.3 is 9.73 Å². The summed E-state index contributed by atoms with van der Waals surface area (Å²) in [5.74, 6) is 1.31. The molecule has 0 radical (unpaired) electrons. The molecule has 4 rings (SSSR count). The highest BCUT2D eigenvalue weighted by Crippen LogP contribution is 2.23. The van der Waals surface area contributed by atoms with E-state index in [9.17, 15) is 13.2 Å². The van der Waals surface area contributed by atoms with E-state index in [0.29, 0.717) is 12.3 Å². The third-order valence-electron chi connectivity index (χ3n) is 5.75. The molecule has 0 saturated carbocycles. The minimum Gasteiger partial charge on any atom is -0.459 e. The first-order valence-corrected chi connectivity index (χ1v) is 11.7. The minimum atomic E-state index is -2.86. The van der Waals surface area contributed by atoms with Crippen LogP contribution in [0.3, 0.4) is 0 Å². The van der Waals surface area contributed by atoms with Crippen molar-refractivity contribution in [1.29, 1.82) is 0 Å². The van der Waals surface area contributed by atoms with Gasteiger partial charge in [0.05, 0.1) is 24.1 Å². The van der Waals surface area contributed by atoms with Crippen LogP contribution in [0.4, 0.5) is 0 Å². The van der Waals surface area contributed by atoms with Crippen molar-refractivity contribution in [2.45, 2.75) is 25.4 Å². The van der Waals surface area contributed by atoms with Crippen molar-refractivity contribution in [2.24, 2.45) is 0 Å². The van der Waals surface area contributed by atoms with Crippen molar-refractivity contribution < 1.29 is 17.6 Å². The molecule has 152 valence electrons.